The summed E-state index contributed by atoms with van der Waals surface area (Å²) in [7, 11) is 1.37. The minimum absolute atomic E-state index is 0.260. The zero-order chi connectivity index (χ0) is 15.3. The molecule has 0 aliphatic heterocycles. The van der Waals surface area contributed by atoms with E-state index in [1.807, 2.05) is 0 Å². The molecule has 0 aliphatic rings. The molecule has 1 unspecified atom stereocenters. The van der Waals surface area contributed by atoms with Crippen LogP contribution in [-0.4, -0.2) is 24.5 Å². The van der Waals surface area contributed by atoms with Crippen LogP contribution < -0.4 is 4.74 Å². The molecule has 1 rings (SSSR count). The van der Waals surface area contributed by atoms with E-state index in [-0.39, 0.29) is 12.6 Å². The van der Waals surface area contributed by atoms with Gasteiger partial charge in [-0.3, -0.25) is 4.79 Å². The summed E-state index contributed by atoms with van der Waals surface area (Å²) in [5.41, 5.74) is 2.33. The summed E-state index contributed by atoms with van der Waals surface area (Å²) < 4.78 is 10.6. The van der Waals surface area contributed by atoms with E-state index >= 15 is 0 Å². The van der Waals surface area contributed by atoms with Crippen LogP contribution in [0.3, 0.4) is 0 Å². The van der Waals surface area contributed by atoms with Gasteiger partial charge < -0.3 is 9.47 Å². The lowest BCUT2D eigenvalue weighted by Crippen LogP contribution is -2.23. The maximum Gasteiger partial charge on any atom is 0.322 e. The predicted molar refractivity (Wildman–Crippen MR) is 84.8 cm³/mol. The molecule has 20 heavy (non-hydrogen) atoms. The average molecular weight is 343 g/mol. The lowest BCUT2D eigenvalue weighted by molar-refractivity contribution is -0.140. The van der Waals surface area contributed by atoms with Crippen LogP contribution in [0.25, 0.3) is 0 Å². The number of carbonyl (C=O) groups is 1. The van der Waals surface area contributed by atoms with Crippen molar-refractivity contribution in [2.75, 3.05) is 13.7 Å². The summed E-state index contributed by atoms with van der Waals surface area (Å²) in [5, 5.41) is 0. The Morgan fingerprint density at radius 3 is 2.05 bits per heavy atom. The van der Waals surface area contributed by atoms with Crippen molar-refractivity contribution in [3.63, 3.8) is 0 Å². The highest BCUT2D eigenvalue weighted by atomic mass is 79.9. The Hall–Kier alpha value is -1.03. The van der Waals surface area contributed by atoms with Crippen LogP contribution in [0.4, 0.5) is 0 Å². The molecule has 0 aromatic heterocycles. The smallest absolute Gasteiger partial charge is 0.322 e. The molecule has 0 radical (unpaired) electrons. The number of esters is 1. The molecule has 0 bridgehead atoms. The van der Waals surface area contributed by atoms with Crippen molar-refractivity contribution in [1.29, 1.82) is 0 Å². The lowest BCUT2D eigenvalue weighted by atomic mass is 9.94. The summed E-state index contributed by atoms with van der Waals surface area (Å²) in [6.45, 7) is 8.81. The number of hydrogen-bond acceptors (Lipinski definition) is 3. The second kappa shape index (κ2) is 7.67. The molecule has 4 heteroatoms. The third-order valence-electron chi connectivity index (χ3n) is 3.15. The van der Waals surface area contributed by atoms with Gasteiger partial charge in [-0.15, -0.1) is 0 Å². The van der Waals surface area contributed by atoms with Crippen LogP contribution in [0.15, 0.2) is 18.2 Å². The maximum absolute atomic E-state index is 11.4. The number of para-hydroxylation sites is 1. The standard InChI is InChI=1S/C16H23BrO3/c1-10(2)12-7-6-8-13(11(3)4)15(12)20-9-14(17)16(18)19-5/h6-8,10-11,14H,9H2,1-5H3. The quantitative estimate of drug-likeness (QED) is 0.572. The largest absolute Gasteiger partial charge is 0.491 e. The Bertz CT molecular complexity index is 429. The van der Waals surface area contributed by atoms with Crippen molar-refractivity contribution in [3.05, 3.63) is 29.3 Å². The first-order chi connectivity index (χ1) is 9.38. The summed E-state index contributed by atoms with van der Waals surface area (Å²) in [6, 6.07) is 6.21. The minimum Gasteiger partial charge on any atom is -0.491 e. The normalized spacial score (nSPS) is 12.6. The molecule has 0 saturated heterocycles. The Morgan fingerprint density at radius 2 is 1.65 bits per heavy atom. The van der Waals surface area contributed by atoms with Crippen LogP contribution in [0, 0.1) is 0 Å². The molecule has 0 aliphatic carbocycles. The van der Waals surface area contributed by atoms with Crippen molar-refractivity contribution < 1.29 is 14.3 Å². The first kappa shape index (κ1) is 17.0. The van der Waals surface area contributed by atoms with Crippen molar-refractivity contribution in [2.24, 2.45) is 0 Å². The topological polar surface area (TPSA) is 35.5 Å². The molecular formula is C16H23BrO3. The van der Waals surface area contributed by atoms with Crippen molar-refractivity contribution in [3.8, 4) is 5.75 Å². The highest BCUT2D eigenvalue weighted by Crippen LogP contribution is 2.34. The van der Waals surface area contributed by atoms with Gasteiger partial charge in [0.2, 0.25) is 0 Å². The Labute approximate surface area is 129 Å². The molecule has 0 heterocycles. The van der Waals surface area contributed by atoms with Gasteiger partial charge in [-0.05, 0) is 23.0 Å². The fourth-order valence-corrected chi connectivity index (χ4v) is 2.32. The van der Waals surface area contributed by atoms with Crippen LogP contribution in [0.5, 0.6) is 5.75 Å². The highest BCUT2D eigenvalue weighted by Gasteiger charge is 2.20. The Balaban J connectivity index is 2.99. The highest BCUT2D eigenvalue weighted by molar-refractivity contribution is 9.10. The number of halogens is 1. The number of methoxy groups -OCH3 is 1. The summed E-state index contributed by atoms with van der Waals surface area (Å²) in [5.74, 6) is 1.31. The van der Waals surface area contributed by atoms with Gasteiger partial charge >= 0.3 is 5.97 Å². The van der Waals surface area contributed by atoms with Gasteiger partial charge in [-0.1, -0.05) is 61.8 Å². The van der Waals surface area contributed by atoms with Gasteiger partial charge in [0.05, 0.1) is 7.11 Å². The van der Waals surface area contributed by atoms with Gasteiger partial charge in [0, 0.05) is 0 Å². The fourth-order valence-electron chi connectivity index (χ4n) is 2.00. The second-order valence-electron chi connectivity index (χ2n) is 5.38. The molecule has 0 saturated carbocycles. The van der Waals surface area contributed by atoms with Gasteiger partial charge in [0.1, 0.15) is 17.2 Å². The Kier molecular flexibility index (Phi) is 6.53. The predicted octanol–water partition coefficient (Wildman–Crippen LogP) is 4.25. The second-order valence-corrected chi connectivity index (χ2v) is 6.48. The van der Waals surface area contributed by atoms with Crippen molar-refractivity contribution in [2.45, 2.75) is 44.4 Å². The minimum atomic E-state index is -0.451. The third kappa shape index (κ3) is 4.23. The first-order valence-corrected chi connectivity index (χ1v) is 7.77. The van der Waals surface area contributed by atoms with E-state index < -0.39 is 4.83 Å². The number of ether oxygens (including phenoxy) is 2. The molecule has 0 fully saturated rings. The summed E-state index contributed by atoms with van der Waals surface area (Å²) >= 11 is 3.28. The van der Waals surface area contributed by atoms with Gasteiger partial charge in [-0.2, -0.15) is 0 Å². The van der Waals surface area contributed by atoms with E-state index in [1.165, 1.54) is 18.2 Å². The van der Waals surface area contributed by atoms with E-state index in [1.54, 1.807) is 0 Å². The molecule has 0 amide bonds. The molecule has 3 nitrogen and oxygen atoms in total. The molecule has 1 atom stereocenters. The molecule has 112 valence electrons. The fraction of sp³-hybridized carbons (Fsp3) is 0.562. The SMILES string of the molecule is COC(=O)C(Br)COc1c(C(C)C)cccc1C(C)C. The van der Waals surface area contributed by atoms with Gasteiger partial charge in [-0.25, -0.2) is 0 Å². The molecule has 0 spiro atoms. The van der Waals surface area contributed by atoms with Crippen molar-refractivity contribution >= 4 is 21.9 Å². The van der Waals surface area contributed by atoms with E-state index in [0.717, 1.165) is 5.75 Å². The van der Waals surface area contributed by atoms with Crippen LogP contribution in [-0.2, 0) is 9.53 Å². The van der Waals surface area contributed by atoms with E-state index in [0.29, 0.717) is 11.8 Å². The number of benzene rings is 1. The van der Waals surface area contributed by atoms with E-state index in [4.69, 9.17) is 4.74 Å². The van der Waals surface area contributed by atoms with Gasteiger partial charge in [0.25, 0.3) is 0 Å². The van der Waals surface area contributed by atoms with E-state index in [2.05, 4.69) is 66.6 Å². The molecular weight excluding hydrogens is 320 g/mol. The Morgan fingerprint density at radius 1 is 1.15 bits per heavy atom. The van der Waals surface area contributed by atoms with Crippen LogP contribution in [0.2, 0.25) is 0 Å². The molecule has 1 aromatic rings. The molecule has 1 aromatic carbocycles. The summed E-state index contributed by atoms with van der Waals surface area (Å²) in [6.07, 6.45) is 0. The van der Waals surface area contributed by atoms with Crippen molar-refractivity contribution in [1.82, 2.24) is 0 Å². The zero-order valence-corrected chi connectivity index (χ0v) is 14.4. The number of carbonyl (C=O) groups excluding carboxylic acids is 1. The zero-order valence-electron chi connectivity index (χ0n) is 12.8. The molecule has 0 N–H and O–H groups in total. The maximum atomic E-state index is 11.4. The first-order valence-electron chi connectivity index (χ1n) is 6.86. The van der Waals surface area contributed by atoms with E-state index in [9.17, 15) is 4.79 Å². The monoisotopic (exact) mass is 342 g/mol. The average Bonchev–Trinajstić information content (AvgIpc) is 2.42. The summed E-state index contributed by atoms with van der Waals surface area (Å²) in [4.78, 5) is 11.0. The lowest BCUT2D eigenvalue weighted by Gasteiger charge is -2.20. The third-order valence-corrected chi connectivity index (χ3v) is 3.79. The van der Waals surface area contributed by atoms with Crippen LogP contribution >= 0.6 is 15.9 Å². The number of alkyl halides is 1. The van der Waals surface area contributed by atoms with Crippen LogP contribution in [0.1, 0.15) is 50.7 Å². The van der Waals surface area contributed by atoms with Gasteiger partial charge in [0.15, 0.2) is 0 Å². The number of hydrogen-bond donors (Lipinski definition) is 0. The number of rotatable bonds is 6.